The zero-order valence-corrected chi connectivity index (χ0v) is 23.8. The Morgan fingerprint density at radius 2 is 1.98 bits per heavy atom. The normalized spacial score (nSPS) is 21.0. The van der Waals surface area contributed by atoms with E-state index >= 15 is 0 Å². The number of nitrogens with one attached hydrogen (secondary N) is 4. The summed E-state index contributed by atoms with van der Waals surface area (Å²) in [7, 11) is 0. The summed E-state index contributed by atoms with van der Waals surface area (Å²) in [6.45, 7) is 7.09. The molecule has 0 bridgehead atoms. The summed E-state index contributed by atoms with van der Waals surface area (Å²) in [6, 6.07) is 11.3. The molecule has 0 unspecified atom stereocenters. The van der Waals surface area contributed by atoms with Crippen LogP contribution in [0.25, 0.3) is 11.3 Å². The smallest absolute Gasteiger partial charge is 0.287 e. The summed E-state index contributed by atoms with van der Waals surface area (Å²) in [5, 5.41) is 26.4. The monoisotopic (exact) mass is 574 g/mol. The molecule has 4 heterocycles. The quantitative estimate of drug-likeness (QED) is 0.213. The Labute approximate surface area is 240 Å². The number of aromatic nitrogens is 3. The number of aromatic amines is 1. The van der Waals surface area contributed by atoms with Crippen molar-refractivity contribution < 1.29 is 14.3 Å². The van der Waals surface area contributed by atoms with Gasteiger partial charge in [0.1, 0.15) is 17.3 Å². The Morgan fingerprint density at radius 1 is 1.15 bits per heavy atom. The van der Waals surface area contributed by atoms with Crippen LogP contribution < -0.4 is 21.5 Å². The summed E-state index contributed by atoms with van der Waals surface area (Å²) in [4.78, 5) is 31.4. The van der Waals surface area contributed by atoms with Crippen molar-refractivity contribution in [2.24, 2.45) is 5.41 Å². The van der Waals surface area contributed by atoms with Gasteiger partial charge in [-0.1, -0.05) is 19.9 Å². The number of halogens is 1. The highest BCUT2D eigenvalue weighted by Crippen LogP contribution is 2.48. The molecule has 1 fully saturated rings. The first-order valence-electron chi connectivity index (χ1n) is 13.5. The Balaban J connectivity index is 1.20. The van der Waals surface area contributed by atoms with Gasteiger partial charge < -0.3 is 21.1 Å². The predicted octanol–water partition coefficient (Wildman–Crippen LogP) is 5.24. The molecule has 0 radical (unpaired) electrons. The number of nitrogens with zero attached hydrogens (tertiary/aromatic N) is 2. The van der Waals surface area contributed by atoms with Crippen molar-refractivity contribution in [3.8, 4) is 11.3 Å². The fourth-order valence-electron chi connectivity index (χ4n) is 5.54. The molecule has 9 nitrogen and oxygen atoms in total. The van der Waals surface area contributed by atoms with Crippen molar-refractivity contribution in [2.75, 3.05) is 17.2 Å². The van der Waals surface area contributed by atoms with Crippen LogP contribution in [0.2, 0.25) is 0 Å². The summed E-state index contributed by atoms with van der Waals surface area (Å²) in [5.41, 5.74) is 2.10. The fourth-order valence-corrected chi connectivity index (χ4v) is 6.87. The van der Waals surface area contributed by atoms with Crippen LogP contribution in [0.1, 0.15) is 65.4 Å². The van der Waals surface area contributed by atoms with E-state index in [1.54, 1.807) is 18.3 Å². The van der Waals surface area contributed by atoms with Gasteiger partial charge in [0.15, 0.2) is 0 Å². The summed E-state index contributed by atoms with van der Waals surface area (Å²) in [6.07, 6.45) is 3.97. The first-order chi connectivity index (χ1) is 19.5. The Bertz CT molecular complexity index is 1690. The second-order valence-corrected chi connectivity index (χ2v) is 12.8. The third kappa shape index (κ3) is 5.16. The molecule has 1 amide bonds. The molecular weight excluding hydrogens is 543 g/mol. The van der Waals surface area contributed by atoms with Gasteiger partial charge in [-0.05, 0) is 85.7 Å². The lowest BCUT2D eigenvalue weighted by atomic mass is 9.88. The van der Waals surface area contributed by atoms with Gasteiger partial charge in [0.25, 0.3) is 11.5 Å². The number of fused-ring (bicyclic) bond motifs is 1. The minimum atomic E-state index is -0.648. The molecule has 6 rings (SSSR count). The molecule has 1 aliphatic heterocycles. The first kappa shape index (κ1) is 27.3. The van der Waals surface area contributed by atoms with E-state index in [4.69, 9.17) is 0 Å². The van der Waals surface area contributed by atoms with Gasteiger partial charge in [-0.15, -0.1) is 11.3 Å². The third-order valence-corrected chi connectivity index (χ3v) is 9.21. The van der Waals surface area contributed by atoms with Crippen molar-refractivity contribution in [1.82, 2.24) is 20.5 Å². The number of aliphatic hydroxyl groups is 1. The van der Waals surface area contributed by atoms with Gasteiger partial charge in [0, 0.05) is 22.2 Å². The molecule has 11 heteroatoms. The predicted molar refractivity (Wildman–Crippen MR) is 157 cm³/mol. The molecule has 212 valence electrons. The number of hydrogen-bond acceptors (Lipinski definition) is 8. The minimum Gasteiger partial charge on any atom is -0.388 e. The second-order valence-electron chi connectivity index (χ2n) is 11.6. The first-order valence-corrected chi connectivity index (χ1v) is 14.3. The van der Waals surface area contributed by atoms with Crippen LogP contribution in [0, 0.1) is 11.2 Å². The topological polar surface area (TPSA) is 132 Å². The SMILES string of the molecule is CC1(C)Cc2sc(C(=O)Nc3cc(-c4cc(Nc5ccc([C@]6(C)CCCN6)cn5)c(=O)[nH]n4)ccc3F)cc2[C@H]1O. The number of aliphatic hydroxyl groups excluding tert-OH is 1. The van der Waals surface area contributed by atoms with Crippen LogP contribution in [0.3, 0.4) is 0 Å². The molecule has 5 N–H and O–H groups in total. The van der Waals surface area contributed by atoms with Crippen LogP contribution in [-0.2, 0) is 12.0 Å². The molecule has 2 aliphatic rings. The third-order valence-electron chi connectivity index (χ3n) is 8.06. The average Bonchev–Trinajstić information content (AvgIpc) is 3.62. The van der Waals surface area contributed by atoms with E-state index in [1.165, 1.54) is 29.5 Å². The van der Waals surface area contributed by atoms with Gasteiger partial charge in [-0.3, -0.25) is 9.59 Å². The Kier molecular flexibility index (Phi) is 6.75. The molecular formula is C30H31FN6O3S. The van der Waals surface area contributed by atoms with Gasteiger partial charge in [-0.2, -0.15) is 5.10 Å². The number of rotatable bonds is 6. The number of thiophene rings is 1. The van der Waals surface area contributed by atoms with Crippen LogP contribution in [-0.4, -0.2) is 32.7 Å². The molecule has 4 aromatic rings. The highest BCUT2D eigenvalue weighted by molar-refractivity contribution is 7.14. The standard InChI is InChI=1S/C30H31FN6O3S/c1-29(2)14-24-18(26(29)38)12-23(41-24)28(40)35-21-11-16(5-7-19(21)31)20-13-22(27(39)37-36-20)34-25-8-6-17(15-32-25)30(3)9-4-10-33-30/h5-8,11-13,15,26,33,38H,4,9-10,14H2,1-3H3,(H,35,40)(H,37,39)(H,32,34,36)/t26-,30+/m1/s1. The zero-order chi connectivity index (χ0) is 28.9. The van der Waals surface area contributed by atoms with E-state index < -0.39 is 23.4 Å². The number of carbonyl (C=O) groups excluding carboxylic acids is 1. The number of hydrogen-bond donors (Lipinski definition) is 5. The molecule has 1 aliphatic carbocycles. The van der Waals surface area contributed by atoms with E-state index in [0.717, 1.165) is 35.4 Å². The van der Waals surface area contributed by atoms with E-state index in [-0.39, 0.29) is 22.3 Å². The Hall–Kier alpha value is -3.93. The Morgan fingerprint density at radius 3 is 2.68 bits per heavy atom. The number of carbonyl (C=O) groups is 1. The van der Waals surface area contributed by atoms with Crippen molar-refractivity contribution in [1.29, 1.82) is 0 Å². The molecule has 2 atom stereocenters. The molecule has 1 aromatic carbocycles. The lowest BCUT2D eigenvalue weighted by Crippen LogP contribution is -2.33. The largest absolute Gasteiger partial charge is 0.388 e. The van der Waals surface area contributed by atoms with Crippen molar-refractivity contribution in [2.45, 2.75) is 51.7 Å². The number of pyridine rings is 1. The van der Waals surface area contributed by atoms with Crippen LogP contribution in [0.4, 0.5) is 21.6 Å². The van der Waals surface area contributed by atoms with Gasteiger partial charge in [0.2, 0.25) is 0 Å². The summed E-state index contributed by atoms with van der Waals surface area (Å²) >= 11 is 1.31. The maximum Gasteiger partial charge on any atom is 0.287 e. The summed E-state index contributed by atoms with van der Waals surface area (Å²) in [5.74, 6) is -0.565. The fraction of sp³-hybridized carbons (Fsp3) is 0.333. The maximum absolute atomic E-state index is 14.7. The number of anilines is 3. The lowest BCUT2D eigenvalue weighted by Gasteiger charge is -2.24. The van der Waals surface area contributed by atoms with E-state index in [9.17, 15) is 19.1 Å². The molecule has 0 spiro atoms. The van der Waals surface area contributed by atoms with E-state index in [2.05, 4.69) is 38.1 Å². The lowest BCUT2D eigenvalue weighted by molar-refractivity contribution is 0.0665. The van der Waals surface area contributed by atoms with E-state index in [0.29, 0.717) is 28.4 Å². The summed E-state index contributed by atoms with van der Waals surface area (Å²) < 4.78 is 14.7. The van der Waals surface area contributed by atoms with Crippen LogP contribution in [0.5, 0.6) is 0 Å². The van der Waals surface area contributed by atoms with Crippen LogP contribution >= 0.6 is 11.3 Å². The average molecular weight is 575 g/mol. The highest BCUT2D eigenvalue weighted by Gasteiger charge is 2.40. The van der Waals surface area contributed by atoms with Gasteiger partial charge in [0.05, 0.1) is 22.4 Å². The van der Waals surface area contributed by atoms with Crippen molar-refractivity contribution in [3.63, 3.8) is 0 Å². The number of amides is 1. The van der Waals surface area contributed by atoms with Crippen LogP contribution in [0.15, 0.2) is 53.5 Å². The minimum absolute atomic E-state index is 0.0179. The molecule has 1 saturated heterocycles. The van der Waals surface area contributed by atoms with Crippen molar-refractivity contribution in [3.05, 3.63) is 85.7 Å². The number of benzene rings is 1. The maximum atomic E-state index is 14.7. The molecule has 3 aromatic heterocycles. The number of H-pyrrole nitrogens is 1. The molecule has 41 heavy (non-hydrogen) atoms. The second kappa shape index (κ2) is 10.2. The van der Waals surface area contributed by atoms with Crippen molar-refractivity contribution >= 4 is 34.4 Å². The van der Waals surface area contributed by atoms with E-state index in [1.807, 2.05) is 26.0 Å². The molecule has 0 saturated carbocycles. The van der Waals surface area contributed by atoms with Gasteiger partial charge in [-0.25, -0.2) is 14.5 Å². The highest BCUT2D eigenvalue weighted by atomic mass is 32.1. The zero-order valence-electron chi connectivity index (χ0n) is 23.0. The van der Waals surface area contributed by atoms with Gasteiger partial charge >= 0.3 is 0 Å².